The van der Waals surface area contributed by atoms with Crippen LogP contribution in [-0.4, -0.2) is 0 Å². The molecule has 180 valence electrons. The number of benzene rings is 6. The molecule has 0 aliphatic heterocycles. The van der Waals surface area contributed by atoms with Crippen LogP contribution >= 0.6 is 0 Å². The van der Waals surface area contributed by atoms with Crippen LogP contribution in [0.1, 0.15) is 44.9 Å². The van der Waals surface area contributed by atoms with Gasteiger partial charge in [0.25, 0.3) is 0 Å². The van der Waals surface area contributed by atoms with Crippen LogP contribution in [0.4, 0.5) is 0 Å². The lowest BCUT2D eigenvalue weighted by molar-refractivity contribution is 1.14. The van der Waals surface area contributed by atoms with Crippen LogP contribution in [-0.2, 0) is 0 Å². The summed E-state index contributed by atoms with van der Waals surface area (Å²) in [4.78, 5) is 0. The van der Waals surface area contributed by atoms with Crippen molar-refractivity contribution in [1.82, 2.24) is 0 Å². The first-order valence-electron chi connectivity index (χ1n) is 13.7. The summed E-state index contributed by atoms with van der Waals surface area (Å²) in [6.07, 6.45) is 4.71. The first kappa shape index (κ1) is 21.0. The first-order chi connectivity index (χ1) is 19.4. The molecule has 0 saturated heterocycles. The van der Waals surface area contributed by atoms with E-state index in [1.807, 2.05) is 0 Å². The predicted octanol–water partition coefficient (Wildman–Crippen LogP) is 10.0. The van der Waals surface area contributed by atoms with E-state index in [1.165, 1.54) is 82.8 Å². The van der Waals surface area contributed by atoms with Gasteiger partial charge in [-0.15, -0.1) is 0 Å². The smallest absolute Gasteiger partial charge is 0.0291 e. The molecule has 1 atom stereocenters. The van der Waals surface area contributed by atoms with Crippen molar-refractivity contribution in [2.75, 3.05) is 0 Å². The molecule has 0 bridgehead atoms. The minimum Gasteiger partial charge on any atom is -0.0720 e. The molecule has 0 fully saturated rings. The van der Waals surface area contributed by atoms with Crippen molar-refractivity contribution in [3.05, 3.63) is 172 Å². The Labute approximate surface area is 227 Å². The Morgan fingerprint density at radius 3 is 1.87 bits per heavy atom. The summed E-state index contributed by atoms with van der Waals surface area (Å²) in [5.74, 6) is 0.237. The Kier molecular flexibility index (Phi) is 4.20. The number of hydrogen-bond acceptors (Lipinski definition) is 0. The zero-order valence-corrected chi connectivity index (χ0v) is 21.4. The zero-order valence-electron chi connectivity index (χ0n) is 21.4. The van der Waals surface area contributed by atoms with E-state index in [0.717, 1.165) is 0 Å². The Balaban J connectivity index is 1.46. The van der Waals surface area contributed by atoms with E-state index >= 15 is 0 Å². The minimum absolute atomic E-state index is 0.237. The molecule has 0 spiro atoms. The molecule has 0 saturated carbocycles. The van der Waals surface area contributed by atoms with E-state index in [4.69, 9.17) is 0 Å². The van der Waals surface area contributed by atoms with Gasteiger partial charge < -0.3 is 0 Å². The topological polar surface area (TPSA) is 0 Å². The molecule has 0 nitrogen and oxygen atoms in total. The summed E-state index contributed by atoms with van der Waals surface area (Å²) in [6, 6.07) is 47.2. The molecule has 6 aromatic rings. The highest BCUT2D eigenvalue weighted by Gasteiger charge is 2.40. The second kappa shape index (κ2) is 7.79. The van der Waals surface area contributed by atoms with Crippen LogP contribution in [0.5, 0.6) is 0 Å². The Morgan fingerprint density at radius 2 is 1.03 bits per heavy atom. The number of allylic oxidation sites excluding steroid dienone is 4. The molecule has 0 radical (unpaired) electrons. The highest BCUT2D eigenvalue weighted by molar-refractivity contribution is 6.36. The van der Waals surface area contributed by atoms with E-state index in [1.54, 1.807) is 0 Å². The molecule has 0 amide bonds. The predicted molar refractivity (Wildman–Crippen MR) is 165 cm³/mol. The largest absolute Gasteiger partial charge is 0.0720 e. The van der Waals surface area contributed by atoms with E-state index < -0.39 is 0 Å². The van der Waals surface area contributed by atoms with Gasteiger partial charge in [0.15, 0.2) is 0 Å². The Bertz CT molecular complexity index is 2110. The van der Waals surface area contributed by atoms with Crippen molar-refractivity contribution in [3.8, 4) is 0 Å². The third-order valence-corrected chi connectivity index (χ3v) is 8.85. The minimum atomic E-state index is 0.237. The highest BCUT2D eigenvalue weighted by atomic mass is 14.4. The van der Waals surface area contributed by atoms with Gasteiger partial charge in [0.2, 0.25) is 0 Å². The molecule has 3 aliphatic rings. The van der Waals surface area contributed by atoms with Gasteiger partial charge in [-0.2, -0.15) is 0 Å². The second-order valence-corrected chi connectivity index (χ2v) is 10.8. The summed E-state index contributed by atoms with van der Waals surface area (Å²) in [5, 5.41) is 5.16. The molecular weight excluding hydrogens is 468 g/mol. The highest BCUT2D eigenvalue weighted by Crippen LogP contribution is 2.61. The Morgan fingerprint density at radius 1 is 0.410 bits per heavy atom. The van der Waals surface area contributed by atoms with Crippen molar-refractivity contribution in [2.24, 2.45) is 0 Å². The second-order valence-electron chi connectivity index (χ2n) is 10.8. The molecular formula is C39H24. The van der Waals surface area contributed by atoms with Crippen molar-refractivity contribution in [1.29, 1.82) is 0 Å². The molecule has 6 aromatic carbocycles. The molecule has 0 heterocycles. The quantitative estimate of drug-likeness (QED) is 0.226. The molecule has 0 N–H and O–H groups in total. The average molecular weight is 493 g/mol. The van der Waals surface area contributed by atoms with Gasteiger partial charge in [-0.25, -0.2) is 0 Å². The SMILES string of the molecule is C1=CC(C2=C3C(=C(c4cccc5ccccc45)c4cc5ccccc5cc43)c3ccccc32)c2ccccc21. The van der Waals surface area contributed by atoms with Crippen molar-refractivity contribution in [3.63, 3.8) is 0 Å². The molecule has 1 unspecified atom stereocenters. The third kappa shape index (κ3) is 2.84. The zero-order chi connectivity index (χ0) is 25.5. The van der Waals surface area contributed by atoms with Gasteiger partial charge >= 0.3 is 0 Å². The van der Waals surface area contributed by atoms with Crippen LogP contribution in [0, 0.1) is 0 Å². The number of rotatable bonds is 2. The van der Waals surface area contributed by atoms with E-state index in [-0.39, 0.29) is 5.92 Å². The van der Waals surface area contributed by atoms with Crippen LogP contribution < -0.4 is 0 Å². The van der Waals surface area contributed by atoms with Crippen LogP contribution in [0.2, 0.25) is 0 Å². The van der Waals surface area contributed by atoms with Crippen LogP contribution in [0.25, 0.3) is 49.9 Å². The maximum Gasteiger partial charge on any atom is 0.0291 e. The van der Waals surface area contributed by atoms with E-state index in [9.17, 15) is 0 Å². The standard InChI is InChI=1S/C39H24/c1-2-13-27-23-35-34(22-26(27)12-1)37(30-19-9-14-24-10-3-5-15-28(24)30)38-32-18-8-7-17-31(32)36(39(35)38)33-21-20-25-11-4-6-16-29(25)33/h1-23,33H. The Hall–Kier alpha value is -4.94. The molecule has 3 aliphatic carbocycles. The monoisotopic (exact) mass is 492 g/mol. The van der Waals surface area contributed by atoms with Crippen molar-refractivity contribution < 1.29 is 0 Å². The maximum atomic E-state index is 2.44. The van der Waals surface area contributed by atoms with Gasteiger partial charge in [-0.1, -0.05) is 127 Å². The lowest BCUT2D eigenvalue weighted by Crippen LogP contribution is -1.99. The summed E-state index contributed by atoms with van der Waals surface area (Å²) in [5.41, 5.74) is 15.1. The molecule has 9 rings (SSSR count). The summed E-state index contributed by atoms with van der Waals surface area (Å²) >= 11 is 0. The van der Waals surface area contributed by atoms with Gasteiger partial charge in [0, 0.05) is 5.92 Å². The fourth-order valence-electron chi connectivity index (χ4n) is 7.22. The average Bonchev–Trinajstić information content (AvgIpc) is 3.65. The molecule has 0 aromatic heterocycles. The molecule has 0 heteroatoms. The normalized spacial score (nSPS) is 16.7. The van der Waals surface area contributed by atoms with Crippen molar-refractivity contribution in [2.45, 2.75) is 5.92 Å². The number of hydrogen-bond donors (Lipinski definition) is 0. The molecule has 39 heavy (non-hydrogen) atoms. The van der Waals surface area contributed by atoms with Gasteiger partial charge in [-0.05, 0) is 94.9 Å². The van der Waals surface area contributed by atoms with Crippen molar-refractivity contribution >= 4 is 49.9 Å². The van der Waals surface area contributed by atoms with Crippen LogP contribution in [0.15, 0.2) is 133 Å². The van der Waals surface area contributed by atoms with Gasteiger partial charge in [0.05, 0.1) is 0 Å². The van der Waals surface area contributed by atoms with E-state index in [0.29, 0.717) is 0 Å². The third-order valence-electron chi connectivity index (χ3n) is 8.85. The lowest BCUT2D eigenvalue weighted by atomic mass is 9.85. The van der Waals surface area contributed by atoms with Crippen LogP contribution in [0.3, 0.4) is 0 Å². The fourth-order valence-corrected chi connectivity index (χ4v) is 7.22. The summed E-state index contributed by atoms with van der Waals surface area (Å²) in [7, 11) is 0. The maximum absolute atomic E-state index is 2.44. The van der Waals surface area contributed by atoms with Gasteiger partial charge in [0.1, 0.15) is 0 Å². The van der Waals surface area contributed by atoms with E-state index in [2.05, 4.69) is 140 Å². The first-order valence-corrected chi connectivity index (χ1v) is 13.7. The fraction of sp³-hybridized carbons (Fsp3) is 0.0256. The summed E-state index contributed by atoms with van der Waals surface area (Å²) in [6.45, 7) is 0. The van der Waals surface area contributed by atoms with Gasteiger partial charge in [-0.3, -0.25) is 0 Å². The summed E-state index contributed by atoms with van der Waals surface area (Å²) < 4.78 is 0. The number of fused-ring (bicyclic) bond motifs is 8. The lowest BCUT2D eigenvalue weighted by Gasteiger charge is -2.18.